The van der Waals surface area contributed by atoms with Crippen molar-refractivity contribution in [1.29, 1.82) is 0 Å². The van der Waals surface area contributed by atoms with Gasteiger partial charge in [-0.25, -0.2) is 9.37 Å². The molecular formula is C14H13ClFNOS. The quantitative estimate of drug-likeness (QED) is 0.912. The van der Waals surface area contributed by atoms with Crippen LogP contribution in [0.5, 0.6) is 0 Å². The van der Waals surface area contributed by atoms with Gasteiger partial charge in [0, 0.05) is 6.42 Å². The Labute approximate surface area is 119 Å². The molecule has 1 aromatic heterocycles. The first-order chi connectivity index (χ1) is 9.15. The van der Waals surface area contributed by atoms with E-state index in [0.29, 0.717) is 12.0 Å². The normalized spacial score (nSPS) is 18.4. The average molecular weight is 298 g/mol. The molecule has 2 nitrogen and oxygen atoms in total. The van der Waals surface area contributed by atoms with E-state index in [-0.39, 0.29) is 10.8 Å². The number of aliphatic hydroxyl groups is 1. The summed E-state index contributed by atoms with van der Waals surface area (Å²) in [6.45, 7) is 0. The van der Waals surface area contributed by atoms with Crippen LogP contribution >= 0.6 is 22.9 Å². The fourth-order valence-electron chi connectivity index (χ4n) is 2.37. The summed E-state index contributed by atoms with van der Waals surface area (Å²) in [7, 11) is 0. The maximum atomic E-state index is 13.8. The van der Waals surface area contributed by atoms with Crippen LogP contribution in [0, 0.1) is 5.82 Å². The van der Waals surface area contributed by atoms with E-state index in [1.54, 1.807) is 12.1 Å². The van der Waals surface area contributed by atoms with E-state index in [2.05, 4.69) is 4.98 Å². The predicted octanol–water partition coefficient (Wildman–Crippen LogP) is 3.90. The second-order valence-electron chi connectivity index (χ2n) is 4.72. The Morgan fingerprint density at radius 1 is 1.47 bits per heavy atom. The van der Waals surface area contributed by atoms with Gasteiger partial charge in [-0.15, -0.1) is 11.3 Å². The molecule has 2 aromatic rings. The second kappa shape index (κ2) is 5.19. The zero-order valence-corrected chi connectivity index (χ0v) is 11.8. The van der Waals surface area contributed by atoms with Gasteiger partial charge in [-0.1, -0.05) is 23.7 Å². The van der Waals surface area contributed by atoms with Gasteiger partial charge in [0.05, 0.1) is 26.7 Å². The summed E-state index contributed by atoms with van der Waals surface area (Å²) in [4.78, 5) is 5.46. The van der Waals surface area contributed by atoms with E-state index in [9.17, 15) is 9.50 Å². The third kappa shape index (κ3) is 2.53. The van der Waals surface area contributed by atoms with Crippen LogP contribution in [0.1, 0.15) is 40.1 Å². The third-order valence-corrected chi connectivity index (χ3v) is 4.83. The van der Waals surface area contributed by atoms with Gasteiger partial charge in [0.25, 0.3) is 0 Å². The monoisotopic (exact) mass is 297 g/mol. The van der Waals surface area contributed by atoms with Crippen molar-refractivity contribution in [3.05, 3.63) is 50.2 Å². The molecule has 0 radical (unpaired) electrons. The van der Waals surface area contributed by atoms with Gasteiger partial charge in [0.2, 0.25) is 0 Å². The maximum absolute atomic E-state index is 13.8. The van der Waals surface area contributed by atoms with Crippen LogP contribution in [0.15, 0.2) is 18.2 Å². The number of aliphatic hydroxyl groups excluding tert-OH is 1. The molecule has 0 amide bonds. The standard InChI is InChI=1S/C14H13ClFNOS/c15-9-4-1-3-8(13(9)16)7-12-17-10-5-2-6-11(18)14(10)19-12/h1,3-4,11,18H,2,5-7H2. The molecule has 1 aliphatic rings. The Bertz CT molecular complexity index is 613. The Balaban J connectivity index is 1.90. The molecule has 3 rings (SSSR count). The molecule has 1 heterocycles. The summed E-state index contributed by atoms with van der Waals surface area (Å²) in [6.07, 6.45) is 2.68. The molecule has 1 atom stereocenters. The van der Waals surface area contributed by atoms with E-state index in [1.807, 2.05) is 0 Å². The highest BCUT2D eigenvalue weighted by Crippen LogP contribution is 2.35. The summed E-state index contributed by atoms with van der Waals surface area (Å²) >= 11 is 7.25. The lowest BCUT2D eigenvalue weighted by molar-refractivity contribution is 0.160. The average Bonchev–Trinajstić information content (AvgIpc) is 2.79. The fourth-order valence-corrected chi connectivity index (χ4v) is 3.72. The first-order valence-corrected chi connectivity index (χ1v) is 7.44. The number of aromatic nitrogens is 1. The first kappa shape index (κ1) is 13.0. The Morgan fingerprint density at radius 2 is 2.32 bits per heavy atom. The van der Waals surface area contributed by atoms with Crippen molar-refractivity contribution in [2.75, 3.05) is 0 Å². The Hall–Kier alpha value is -0.970. The smallest absolute Gasteiger partial charge is 0.145 e. The van der Waals surface area contributed by atoms with Crippen molar-refractivity contribution in [2.24, 2.45) is 0 Å². The SMILES string of the molecule is OC1CCCc2nc(Cc3cccc(Cl)c3F)sc21. The molecule has 19 heavy (non-hydrogen) atoms. The lowest BCUT2D eigenvalue weighted by Gasteiger charge is -2.14. The highest BCUT2D eigenvalue weighted by molar-refractivity contribution is 7.11. The summed E-state index contributed by atoms with van der Waals surface area (Å²) in [6, 6.07) is 5.00. The van der Waals surface area contributed by atoms with Gasteiger partial charge in [-0.05, 0) is 30.9 Å². The van der Waals surface area contributed by atoms with E-state index in [0.717, 1.165) is 34.8 Å². The first-order valence-electron chi connectivity index (χ1n) is 6.24. The third-order valence-electron chi connectivity index (χ3n) is 3.34. The molecule has 1 aromatic carbocycles. The molecule has 0 spiro atoms. The number of nitrogens with zero attached hydrogens (tertiary/aromatic N) is 1. The number of aryl methyl sites for hydroxylation is 1. The van der Waals surface area contributed by atoms with E-state index in [1.165, 1.54) is 17.4 Å². The lowest BCUT2D eigenvalue weighted by Crippen LogP contribution is -2.06. The molecule has 0 bridgehead atoms. The van der Waals surface area contributed by atoms with Crippen LogP contribution < -0.4 is 0 Å². The van der Waals surface area contributed by atoms with Gasteiger partial charge in [0.1, 0.15) is 5.82 Å². The molecule has 0 saturated heterocycles. The molecule has 0 fully saturated rings. The van der Waals surface area contributed by atoms with E-state index >= 15 is 0 Å². The summed E-state index contributed by atoms with van der Waals surface area (Å²) < 4.78 is 13.8. The molecule has 1 unspecified atom stereocenters. The van der Waals surface area contributed by atoms with Gasteiger partial charge in [0.15, 0.2) is 0 Å². The topological polar surface area (TPSA) is 33.1 Å². The minimum atomic E-state index is -0.404. The Kier molecular flexibility index (Phi) is 3.56. The fraction of sp³-hybridized carbons (Fsp3) is 0.357. The second-order valence-corrected chi connectivity index (χ2v) is 6.24. The number of thiazole rings is 1. The molecule has 5 heteroatoms. The van der Waals surface area contributed by atoms with Gasteiger partial charge >= 0.3 is 0 Å². The number of fused-ring (bicyclic) bond motifs is 1. The van der Waals surface area contributed by atoms with Crippen LogP contribution in [0.3, 0.4) is 0 Å². The van der Waals surface area contributed by atoms with Crippen molar-refractivity contribution < 1.29 is 9.50 Å². The van der Waals surface area contributed by atoms with Crippen molar-refractivity contribution in [2.45, 2.75) is 31.8 Å². The van der Waals surface area contributed by atoms with Crippen molar-refractivity contribution in [1.82, 2.24) is 4.98 Å². The zero-order chi connectivity index (χ0) is 13.4. The van der Waals surface area contributed by atoms with E-state index < -0.39 is 6.10 Å². The lowest BCUT2D eigenvalue weighted by atomic mass is 10.0. The van der Waals surface area contributed by atoms with Gasteiger partial charge in [-0.3, -0.25) is 0 Å². The molecule has 0 saturated carbocycles. The molecule has 100 valence electrons. The minimum Gasteiger partial charge on any atom is -0.388 e. The zero-order valence-electron chi connectivity index (χ0n) is 10.2. The van der Waals surface area contributed by atoms with Crippen LogP contribution in [-0.4, -0.2) is 10.1 Å². The molecule has 1 N–H and O–H groups in total. The molecular weight excluding hydrogens is 285 g/mol. The predicted molar refractivity (Wildman–Crippen MR) is 74.2 cm³/mol. The number of rotatable bonds is 2. The maximum Gasteiger partial charge on any atom is 0.145 e. The number of hydrogen-bond donors (Lipinski definition) is 1. The van der Waals surface area contributed by atoms with Crippen molar-refractivity contribution in [3.63, 3.8) is 0 Å². The largest absolute Gasteiger partial charge is 0.388 e. The highest BCUT2D eigenvalue weighted by Gasteiger charge is 2.23. The van der Waals surface area contributed by atoms with Gasteiger partial charge in [-0.2, -0.15) is 0 Å². The highest BCUT2D eigenvalue weighted by atomic mass is 35.5. The van der Waals surface area contributed by atoms with Crippen LogP contribution in [0.4, 0.5) is 4.39 Å². The van der Waals surface area contributed by atoms with E-state index in [4.69, 9.17) is 11.6 Å². The van der Waals surface area contributed by atoms with Crippen molar-refractivity contribution in [3.8, 4) is 0 Å². The van der Waals surface area contributed by atoms with Crippen LogP contribution in [0.25, 0.3) is 0 Å². The summed E-state index contributed by atoms with van der Waals surface area (Å²) in [5.74, 6) is -0.377. The van der Waals surface area contributed by atoms with Gasteiger partial charge < -0.3 is 5.11 Å². The minimum absolute atomic E-state index is 0.138. The molecule has 0 aliphatic heterocycles. The van der Waals surface area contributed by atoms with Crippen LogP contribution in [0.2, 0.25) is 5.02 Å². The molecule has 1 aliphatic carbocycles. The summed E-state index contributed by atoms with van der Waals surface area (Å²) in [5, 5.41) is 10.9. The number of benzene rings is 1. The Morgan fingerprint density at radius 3 is 3.11 bits per heavy atom. The number of hydrogen-bond acceptors (Lipinski definition) is 3. The van der Waals surface area contributed by atoms with Crippen LogP contribution in [-0.2, 0) is 12.8 Å². The number of halogens is 2. The summed E-state index contributed by atoms with van der Waals surface area (Å²) in [5.41, 5.74) is 1.52. The van der Waals surface area contributed by atoms with Crippen molar-refractivity contribution >= 4 is 22.9 Å².